The normalized spacial score (nSPS) is 10.7. The average Bonchev–Trinajstić information content (AvgIpc) is 2.03. The van der Waals surface area contributed by atoms with E-state index in [1.54, 1.807) is 6.07 Å². The van der Waals surface area contributed by atoms with E-state index in [1.165, 1.54) is 12.3 Å². The van der Waals surface area contributed by atoms with Gasteiger partial charge in [-0.15, -0.1) is 0 Å². The van der Waals surface area contributed by atoms with Crippen LogP contribution in [0.3, 0.4) is 0 Å². The highest BCUT2D eigenvalue weighted by Gasteiger charge is 2.07. The molecule has 1 aromatic heterocycles. The first-order chi connectivity index (χ1) is 5.54. The van der Waals surface area contributed by atoms with E-state index in [2.05, 4.69) is 4.98 Å². The number of sulfonamides is 1. The molecule has 0 aliphatic rings. The van der Waals surface area contributed by atoms with Gasteiger partial charge in [-0.25, -0.2) is 13.6 Å². The van der Waals surface area contributed by atoms with Gasteiger partial charge in [-0.2, -0.15) is 5.26 Å². The van der Waals surface area contributed by atoms with Gasteiger partial charge in [0.2, 0.25) is 10.0 Å². The number of nitriles is 1. The number of nitrogens with zero attached hydrogens (tertiary/aromatic N) is 2. The van der Waals surface area contributed by atoms with Gasteiger partial charge in [0.15, 0.2) is 0 Å². The third-order valence-corrected chi connectivity index (χ3v) is 2.05. The number of rotatable bonds is 1. The quantitative estimate of drug-likeness (QED) is 0.640. The number of primary sulfonamides is 1. The SMILES string of the molecule is N#Cc1cncc(S(N)(=O)=O)c1. The summed E-state index contributed by atoms with van der Waals surface area (Å²) in [6.07, 6.45) is 2.35. The summed E-state index contributed by atoms with van der Waals surface area (Å²) >= 11 is 0. The molecule has 0 aliphatic heterocycles. The first kappa shape index (κ1) is 8.64. The summed E-state index contributed by atoms with van der Waals surface area (Å²) in [5.41, 5.74) is 0.168. The highest BCUT2D eigenvalue weighted by atomic mass is 32.2. The molecule has 0 amide bonds. The molecule has 0 radical (unpaired) electrons. The summed E-state index contributed by atoms with van der Waals surface area (Å²) in [5.74, 6) is 0. The van der Waals surface area contributed by atoms with Crippen LogP contribution in [-0.2, 0) is 10.0 Å². The fourth-order valence-electron chi connectivity index (χ4n) is 0.636. The molecule has 2 N–H and O–H groups in total. The zero-order valence-corrected chi connectivity index (χ0v) is 6.75. The molecule has 0 spiro atoms. The van der Waals surface area contributed by atoms with Crippen molar-refractivity contribution in [3.63, 3.8) is 0 Å². The van der Waals surface area contributed by atoms with Crippen molar-refractivity contribution in [3.05, 3.63) is 24.0 Å². The Balaban J connectivity index is 3.32. The van der Waals surface area contributed by atoms with Crippen molar-refractivity contribution in [1.82, 2.24) is 4.98 Å². The van der Waals surface area contributed by atoms with Crippen molar-refractivity contribution < 1.29 is 8.42 Å². The summed E-state index contributed by atoms with van der Waals surface area (Å²) in [7, 11) is -3.75. The van der Waals surface area contributed by atoms with E-state index in [1.807, 2.05) is 0 Å². The van der Waals surface area contributed by atoms with E-state index in [4.69, 9.17) is 10.4 Å². The van der Waals surface area contributed by atoms with Crippen LogP contribution in [0.5, 0.6) is 0 Å². The van der Waals surface area contributed by atoms with Gasteiger partial charge in [-0.05, 0) is 6.07 Å². The average molecular weight is 183 g/mol. The van der Waals surface area contributed by atoms with Gasteiger partial charge in [0.1, 0.15) is 11.0 Å². The molecule has 5 nitrogen and oxygen atoms in total. The third-order valence-electron chi connectivity index (χ3n) is 1.17. The Hall–Kier alpha value is -1.45. The molecule has 12 heavy (non-hydrogen) atoms. The Kier molecular flexibility index (Phi) is 2.08. The second-order valence-corrected chi connectivity index (χ2v) is 3.63. The molecule has 0 saturated carbocycles. The Morgan fingerprint density at radius 1 is 1.50 bits per heavy atom. The number of pyridine rings is 1. The summed E-state index contributed by atoms with van der Waals surface area (Å²) in [4.78, 5) is 3.39. The van der Waals surface area contributed by atoms with Crippen LogP contribution in [0.15, 0.2) is 23.4 Å². The lowest BCUT2D eigenvalue weighted by Crippen LogP contribution is -2.12. The van der Waals surface area contributed by atoms with E-state index in [0.717, 1.165) is 6.20 Å². The van der Waals surface area contributed by atoms with Crippen molar-refractivity contribution in [1.29, 1.82) is 5.26 Å². The van der Waals surface area contributed by atoms with Crippen molar-refractivity contribution in [2.75, 3.05) is 0 Å². The standard InChI is InChI=1S/C6H5N3O2S/c7-2-5-1-6(4-9-3-5)12(8,10)11/h1,3-4H,(H2,8,10,11). The van der Waals surface area contributed by atoms with Gasteiger partial charge < -0.3 is 0 Å². The van der Waals surface area contributed by atoms with Crippen molar-refractivity contribution in [3.8, 4) is 6.07 Å². The molecule has 1 aromatic rings. The van der Waals surface area contributed by atoms with E-state index in [-0.39, 0.29) is 10.5 Å². The molecule has 0 atom stereocenters. The Morgan fingerprint density at radius 2 is 2.17 bits per heavy atom. The fourth-order valence-corrected chi connectivity index (χ4v) is 1.13. The molecule has 62 valence electrons. The third kappa shape index (κ3) is 1.78. The monoisotopic (exact) mass is 183 g/mol. The largest absolute Gasteiger partial charge is 0.262 e. The maximum Gasteiger partial charge on any atom is 0.239 e. The molecule has 0 fully saturated rings. The predicted molar refractivity (Wildman–Crippen MR) is 40.3 cm³/mol. The molecule has 1 rings (SSSR count). The van der Waals surface area contributed by atoms with Crippen LogP contribution in [0, 0.1) is 11.3 Å². The van der Waals surface area contributed by atoms with Crippen LogP contribution in [0.4, 0.5) is 0 Å². The minimum absolute atomic E-state index is 0.151. The van der Waals surface area contributed by atoms with E-state index in [9.17, 15) is 8.42 Å². The second kappa shape index (κ2) is 2.89. The fraction of sp³-hybridized carbons (Fsp3) is 0. The van der Waals surface area contributed by atoms with Gasteiger partial charge >= 0.3 is 0 Å². The predicted octanol–water partition coefficient (Wildman–Crippen LogP) is -0.399. The number of hydrogen-bond donors (Lipinski definition) is 1. The lowest BCUT2D eigenvalue weighted by atomic mass is 10.3. The Labute approximate surface area is 69.5 Å². The molecule has 6 heteroatoms. The van der Waals surface area contributed by atoms with Crippen molar-refractivity contribution >= 4 is 10.0 Å². The van der Waals surface area contributed by atoms with Crippen LogP contribution in [0.2, 0.25) is 0 Å². The zero-order chi connectivity index (χ0) is 9.19. The smallest absolute Gasteiger partial charge is 0.239 e. The molecule has 1 heterocycles. The minimum Gasteiger partial charge on any atom is -0.262 e. The van der Waals surface area contributed by atoms with E-state index >= 15 is 0 Å². The van der Waals surface area contributed by atoms with Crippen LogP contribution in [0.1, 0.15) is 5.56 Å². The minimum atomic E-state index is -3.75. The van der Waals surface area contributed by atoms with Crippen LogP contribution < -0.4 is 5.14 Å². The zero-order valence-electron chi connectivity index (χ0n) is 5.93. The van der Waals surface area contributed by atoms with Crippen LogP contribution in [0.25, 0.3) is 0 Å². The first-order valence-corrected chi connectivity index (χ1v) is 4.46. The second-order valence-electron chi connectivity index (χ2n) is 2.07. The Bertz CT molecular complexity index is 432. The molecule has 0 bridgehead atoms. The molecule has 0 aliphatic carbocycles. The van der Waals surface area contributed by atoms with Gasteiger partial charge in [0.25, 0.3) is 0 Å². The molecular formula is C6H5N3O2S. The lowest BCUT2D eigenvalue weighted by molar-refractivity contribution is 0.597. The van der Waals surface area contributed by atoms with Crippen molar-refractivity contribution in [2.24, 2.45) is 5.14 Å². The number of aromatic nitrogens is 1. The summed E-state index contributed by atoms with van der Waals surface area (Å²) in [6.45, 7) is 0. The molecule has 0 saturated heterocycles. The maximum absolute atomic E-state index is 10.7. The molecule has 0 aromatic carbocycles. The molecule has 0 unspecified atom stereocenters. The van der Waals surface area contributed by atoms with Gasteiger partial charge in [0, 0.05) is 12.4 Å². The Morgan fingerprint density at radius 3 is 2.67 bits per heavy atom. The lowest BCUT2D eigenvalue weighted by Gasteiger charge is -1.95. The van der Waals surface area contributed by atoms with Crippen molar-refractivity contribution in [2.45, 2.75) is 4.90 Å². The van der Waals surface area contributed by atoms with Crippen LogP contribution in [-0.4, -0.2) is 13.4 Å². The van der Waals surface area contributed by atoms with Gasteiger partial charge in [-0.1, -0.05) is 0 Å². The van der Waals surface area contributed by atoms with Gasteiger partial charge in [-0.3, -0.25) is 4.98 Å². The first-order valence-electron chi connectivity index (χ1n) is 2.92. The summed E-state index contributed by atoms with van der Waals surface area (Å²) in [5, 5.41) is 13.2. The summed E-state index contributed by atoms with van der Waals surface area (Å²) in [6, 6.07) is 2.93. The van der Waals surface area contributed by atoms with Gasteiger partial charge in [0.05, 0.1) is 5.56 Å². The highest BCUT2D eigenvalue weighted by Crippen LogP contribution is 2.05. The number of hydrogen-bond acceptors (Lipinski definition) is 4. The summed E-state index contributed by atoms with van der Waals surface area (Å²) < 4.78 is 21.5. The molecular weight excluding hydrogens is 178 g/mol. The highest BCUT2D eigenvalue weighted by molar-refractivity contribution is 7.89. The number of nitrogens with two attached hydrogens (primary N) is 1. The van der Waals surface area contributed by atoms with E-state index < -0.39 is 10.0 Å². The topological polar surface area (TPSA) is 96.8 Å². The maximum atomic E-state index is 10.7. The van der Waals surface area contributed by atoms with E-state index in [0.29, 0.717) is 0 Å². The van der Waals surface area contributed by atoms with Crippen LogP contribution >= 0.6 is 0 Å².